The number of rotatable bonds is 3. The van der Waals surface area contributed by atoms with Gasteiger partial charge in [0, 0.05) is 72.4 Å². The number of amides is 2. The standard InChI is InChI=1S/C11H15BrN2O.C11H16N2O.C6H5NO2.C3H9ClSi.C2H4.CH4/c1-11(2,3)14(4)10(15)8-5-6-13-7-9(8)12;1-11(2,3)13(4)10(14)9-5-7-12-8-6-9;8-6(9)5-1-3-7-4-2-5;1-5(2,3)4;1-2;/h5-7H,1-4H3;5-8H,1-4H3;1-4H,(H,8,9);1-3H3;1-2H2;1H4. The number of aromatic carboxylic acids is 1. The molecule has 0 atom stereocenters. The Morgan fingerprint density at radius 2 is 1.07 bits per heavy atom. The van der Waals surface area contributed by atoms with Crippen LogP contribution in [0, 0.1) is 0 Å². The maximum Gasteiger partial charge on any atom is 0.335 e. The van der Waals surface area contributed by atoms with Gasteiger partial charge in [-0.15, -0.1) is 13.2 Å². The van der Waals surface area contributed by atoms with Crippen LogP contribution in [0.3, 0.4) is 0 Å². The summed E-state index contributed by atoms with van der Waals surface area (Å²) in [5.74, 6) is -0.894. The molecule has 9 nitrogen and oxygen atoms in total. The second-order valence-electron chi connectivity index (χ2n) is 12.3. The molecule has 0 aliphatic rings. The molecule has 3 aromatic rings. The first-order valence-electron chi connectivity index (χ1n) is 14.0. The number of carbonyl (C=O) groups excluding carboxylic acids is 2. The summed E-state index contributed by atoms with van der Waals surface area (Å²) in [5, 5.41) is 8.36. The molecular weight excluding hydrogens is 686 g/mol. The van der Waals surface area contributed by atoms with Gasteiger partial charge in [0.1, 0.15) is 7.38 Å². The van der Waals surface area contributed by atoms with E-state index in [9.17, 15) is 14.4 Å². The first-order chi connectivity index (χ1) is 20.6. The van der Waals surface area contributed by atoms with Crippen molar-refractivity contribution in [1.82, 2.24) is 24.8 Å². The van der Waals surface area contributed by atoms with Crippen molar-refractivity contribution in [2.24, 2.45) is 0 Å². The molecule has 3 aromatic heterocycles. The molecule has 0 aromatic carbocycles. The smallest absolute Gasteiger partial charge is 0.335 e. The van der Waals surface area contributed by atoms with Gasteiger partial charge in [-0.1, -0.05) is 27.1 Å². The normalized spacial score (nSPS) is 10.2. The molecule has 0 spiro atoms. The lowest BCUT2D eigenvalue weighted by molar-refractivity contribution is 0.0646. The summed E-state index contributed by atoms with van der Waals surface area (Å²) in [6.07, 6.45) is 9.40. The Morgan fingerprint density at radius 1 is 0.739 bits per heavy atom. The van der Waals surface area contributed by atoms with Gasteiger partial charge in [-0.25, -0.2) is 4.79 Å². The fraction of sp³-hybridized carbons (Fsp3) is 0.412. The SMILES string of the molecule is C.C=C.CN(C(=O)c1ccncc1)C(C)(C)C.CN(C(=O)c1ccncc1Br)C(C)(C)C.C[Si](C)(C)Cl.O=C(O)c1ccncc1. The molecule has 2 amide bonds. The minimum Gasteiger partial charge on any atom is -0.478 e. The lowest BCUT2D eigenvalue weighted by atomic mass is 10.1. The Kier molecular flexibility index (Phi) is 22.7. The van der Waals surface area contributed by atoms with Crippen molar-refractivity contribution in [2.75, 3.05) is 14.1 Å². The first kappa shape index (κ1) is 47.0. The van der Waals surface area contributed by atoms with E-state index in [2.05, 4.69) is 63.7 Å². The molecule has 0 unspecified atom stereocenters. The molecule has 46 heavy (non-hydrogen) atoms. The van der Waals surface area contributed by atoms with E-state index in [1.807, 2.05) is 48.6 Å². The van der Waals surface area contributed by atoms with Crippen LogP contribution in [-0.4, -0.2) is 80.2 Å². The Hall–Kier alpha value is -3.41. The summed E-state index contributed by atoms with van der Waals surface area (Å²) in [6, 6.07) is 8.06. The third kappa shape index (κ3) is 20.6. The molecule has 12 heteroatoms. The Labute approximate surface area is 291 Å². The molecule has 1 N–H and O–H groups in total. The molecule has 256 valence electrons. The summed E-state index contributed by atoms with van der Waals surface area (Å²) in [7, 11) is 2.47. The van der Waals surface area contributed by atoms with Gasteiger partial charge in [0.05, 0.1) is 11.1 Å². The van der Waals surface area contributed by atoms with Crippen molar-refractivity contribution in [2.45, 2.75) is 79.7 Å². The largest absolute Gasteiger partial charge is 0.478 e. The summed E-state index contributed by atoms with van der Waals surface area (Å²) in [6.45, 7) is 24.3. The Balaban J connectivity index is -0.000000553. The van der Waals surface area contributed by atoms with Gasteiger partial charge < -0.3 is 14.9 Å². The predicted octanol–water partition coefficient (Wildman–Crippen LogP) is 8.94. The zero-order valence-corrected chi connectivity index (χ0v) is 31.8. The third-order valence-corrected chi connectivity index (χ3v) is 6.11. The van der Waals surface area contributed by atoms with Crippen LogP contribution >= 0.6 is 27.0 Å². The number of hydrogen-bond donors (Lipinski definition) is 1. The average molecular weight is 739 g/mol. The molecule has 0 saturated carbocycles. The molecule has 0 saturated heterocycles. The van der Waals surface area contributed by atoms with Gasteiger partial charge in [-0.2, -0.15) is 11.1 Å². The number of carboxylic acid groups (broad SMARTS) is 1. The molecule has 0 aliphatic carbocycles. The van der Waals surface area contributed by atoms with Crippen molar-refractivity contribution in [3.63, 3.8) is 0 Å². The number of hydrogen-bond acceptors (Lipinski definition) is 6. The van der Waals surface area contributed by atoms with Crippen LogP contribution in [0.15, 0.2) is 85.1 Å². The fourth-order valence-corrected chi connectivity index (χ4v) is 2.94. The monoisotopic (exact) mass is 737 g/mol. The van der Waals surface area contributed by atoms with Crippen LogP contribution in [0.5, 0.6) is 0 Å². The van der Waals surface area contributed by atoms with Crippen molar-refractivity contribution >= 4 is 52.2 Å². The molecule has 3 heterocycles. The summed E-state index contributed by atoms with van der Waals surface area (Å²) >= 11 is 8.99. The van der Waals surface area contributed by atoms with Gasteiger partial charge in [0.15, 0.2) is 0 Å². The van der Waals surface area contributed by atoms with Crippen LogP contribution in [0.2, 0.25) is 19.6 Å². The average Bonchev–Trinajstić information content (AvgIpc) is 2.96. The van der Waals surface area contributed by atoms with Crippen LogP contribution in [-0.2, 0) is 0 Å². The Morgan fingerprint density at radius 3 is 1.37 bits per heavy atom. The van der Waals surface area contributed by atoms with E-state index in [0.29, 0.717) is 11.1 Å². The van der Waals surface area contributed by atoms with Crippen LogP contribution < -0.4 is 0 Å². The molecule has 0 fully saturated rings. The quantitative estimate of drug-likeness (QED) is 0.162. The highest BCUT2D eigenvalue weighted by Gasteiger charge is 2.25. The first-order valence-corrected chi connectivity index (χ1v) is 19.3. The number of carbonyl (C=O) groups is 3. The van der Waals surface area contributed by atoms with Crippen molar-refractivity contribution in [3.8, 4) is 0 Å². The van der Waals surface area contributed by atoms with Crippen LogP contribution in [0.25, 0.3) is 0 Å². The fourth-order valence-electron chi connectivity index (χ4n) is 2.52. The molecule has 0 radical (unpaired) electrons. The van der Waals surface area contributed by atoms with Gasteiger partial charge >= 0.3 is 5.97 Å². The minimum absolute atomic E-state index is 0. The highest BCUT2D eigenvalue weighted by atomic mass is 79.9. The summed E-state index contributed by atoms with van der Waals surface area (Å²) < 4.78 is 0.728. The van der Waals surface area contributed by atoms with E-state index in [1.165, 1.54) is 24.5 Å². The zero-order chi connectivity index (χ0) is 35.6. The van der Waals surface area contributed by atoms with Gasteiger partial charge in [0.2, 0.25) is 0 Å². The van der Waals surface area contributed by atoms with E-state index in [0.717, 1.165) is 4.47 Å². The second kappa shape index (κ2) is 22.2. The maximum absolute atomic E-state index is 12.1. The summed E-state index contributed by atoms with van der Waals surface area (Å²) in [5.41, 5.74) is 1.25. The molecular formula is C34H53BrClN5O4Si. The minimum atomic E-state index is -1.14. The zero-order valence-electron chi connectivity index (χ0n) is 28.4. The number of carboxylic acids is 1. The highest BCUT2D eigenvalue weighted by Crippen LogP contribution is 2.20. The van der Waals surface area contributed by atoms with E-state index in [1.54, 1.807) is 59.8 Å². The number of halogens is 2. The number of nitrogens with zero attached hydrogens (tertiary/aromatic N) is 5. The van der Waals surface area contributed by atoms with Crippen LogP contribution in [0.1, 0.15) is 80.0 Å². The van der Waals surface area contributed by atoms with Crippen molar-refractivity contribution < 1.29 is 19.5 Å². The lowest BCUT2D eigenvalue weighted by Crippen LogP contribution is -2.42. The van der Waals surface area contributed by atoms with E-state index in [4.69, 9.17) is 16.2 Å². The van der Waals surface area contributed by atoms with E-state index in [-0.39, 0.29) is 35.9 Å². The number of aromatic nitrogens is 3. The molecule has 3 rings (SSSR count). The number of pyridine rings is 3. The molecule has 0 aliphatic heterocycles. The van der Waals surface area contributed by atoms with Crippen molar-refractivity contribution in [1.29, 1.82) is 0 Å². The highest BCUT2D eigenvalue weighted by molar-refractivity contribution is 9.10. The summed E-state index contributed by atoms with van der Waals surface area (Å²) in [4.78, 5) is 49.1. The Bertz CT molecular complexity index is 1310. The third-order valence-electron chi connectivity index (χ3n) is 5.48. The second-order valence-corrected chi connectivity index (χ2v) is 20.7. The topological polar surface area (TPSA) is 117 Å². The van der Waals surface area contributed by atoms with Gasteiger partial charge in [-0.3, -0.25) is 24.5 Å². The predicted molar refractivity (Wildman–Crippen MR) is 198 cm³/mol. The maximum atomic E-state index is 12.1. The van der Waals surface area contributed by atoms with Gasteiger partial charge in [0.25, 0.3) is 11.8 Å². The molecule has 0 bridgehead atoms. The lowest BCUT2D eigenvalue weighted by Gasteiger charge is -2.32. The van der Waals surface area contributed by atoms with Crippen LogP contribution in [0.4, 0.5) is 0 Å². The van der Waals surface area contributed by atoms with Gasteiger partial charge in [-0.05, 0) is 87.8 Å². The van der Waals surface area contributed by atoms with Crippen molar-refractivity contribution in [3.05, 3.63) is 102 Å². The van der Waals surface area contributed by atoms with E-state index < -0.39 is 13.4 Å². The van der Waals surface area contributed by atoms with E-state index >= 15 is 0 Å².